The smallest absolute Gasteiger partial charge is 0.274 e. The van der Waals surface area contributed by atoms with Crippen molar-refractivity contribution >= 4 is 5.91 Å². The lowest BCUT2D eigenvalue weighted by molar-refractivity contribution is -0.0894. The largest absolute Gasteiger partial charge is 0.375 e. The molecule has 0 bridgehead atoms. The molecule has 1 aromatic rings. The molecule has 2 aliphatic heterocycles. The van der Waals surface area contributed by atoms with Crippen molar-refractivity contribution in [3.63, 3.8) is 0 Å². The van der Waals surface area contributed by atoms with E-state index in [0.717, 1.165) is 32.7 Å². The van der Waals surface area contributed by atoms with Gasteiger partial charge in [-0.05, 0) is 13.5 Å². The third kappa shape index (κ3) is 2.37. The van der Waals surface area contributed by atoms with Gasteiger partial charge in [-0.15, -0.1) is 0 Å². The van der Waals surface area contributed by atoms with Crippen LogP contribution in [0.5, 0.6) is 0 Å². The molecule has 0 aliphatic carbocycles. The number of piperidine rings is 1. The monoisotopic (exact) mass is 264 g/mol. The van der Waals surface area contributed by atoms with Crippen molar-refractivity contribution in [3.05, 3.63) is 18.2 Å². The van der Waals surface area contributed by atoms with Crippen LogP contribution in [0.1, 0.15) is 16.9 Å². The molecule has 0 spiro atoms. The number of fused-ring (bicyclic) bond motifs is 1. The van der Waals surface area contributed by atoms with Crippen LogP contribution in [-0.4, -0.2) is 70.7 Å². The Balaban J connectivity index is 1.71. The molecule has 19 heavy (non-hydrogen) atoms. The summed E-state index contributed by atoms with van der Waals surface area (Å²) in [6, 6.07) is 0.315. The first-order valence-electron chi connectivity index (χ1n) is 6.74. The highest BCUT2D eigenvalue weighted by atomic mass is 16.5. The quantitative estimate of drug-likeness (QED) is 0.714. The first-order valence-corrected chi connectivity index (χ1v) is 6.74. The molecule has 3 rings (SSSR count). The summed E-state index contributed by atoms with van der Waals surface area (Å²) in [7, 11) is 3.98. The van der Waals surface area contributed by atoms with Crippen LogP contribution in [0.25, 0.3) is 0 Å². The summed E-state index contributed by atoms with van der Waals surface area (Å²) in [4.78, 5) is 20.7. The predicted molar refractivity (Wildman–Crippen MR) is 69.9 cm³/mol. The number of ether oxygens (including phenoxy) is 1. The average Bonchev–Trinajstić information content (AvgIpc) is 2.85. The predicted octanol–water partition coefficient (Wildman–Crippen LogP) is -0.0348. The average molecular weight is 264 g/mol. The Labute approximate surface area is 113 Å². The third-order valence-electron chi connectivity index (χ3n) is 4.07. The molecule has 3 heterocycles. The molecule has 1 aromatic heterocycles. The van der Waals surface area contributed by atoms with E-state index in [0.29, 0.717) is 11.7 Å². The normalized spacial score (nSPS) is 28.2. The maximum absolute atomic E-state index is 12.4. The molecule has 6 nitrogen and oxygen atoms in total. The standard InChI is InChI=1S/C13H20N4O2/c1-15-7-10(14-9-15)13(18)17-4-3-12-11(8-17)16(2)5-6-19-12/h7,9,11-12H,3-6,8H2,1-2H3/t11-,12+/m1/s1. The van der Waals surface area contributed by atoms with Gasteiger partial charge in [0.25, 0.3) is 5.91 Å². The molecule has 6 heteroatoms. The lowest BCUT2D eigenvalue weighted by Crippen LogP contribution is -2.59. The third-order valence-corrected chi connectivity index (χ3v) is 4.07. The number of carbonyl (C=O) groups is 1. The van der Waals surface area contributed by atoms with Crippen molar-refractivity contribution in [2.24, 2.45) is 7.05 Å². The lowest BCUT2D eigenvalue weighted by Gasteiger charge is -2.45. The number of nitrogens with zero attached hydrogens (tertiary/aromatic N) is 4. The molecule has 2 atom stereocenters. The summed E-state index contributed by atoms with van der Waals surface area (Å²) in [5.74, 6) is 0.0259. The summed E-state index contributed by atoms with van der Waals surface area (Å²) >= 11 is 0. The van der Waals surface area contributed by atoms with Crippen LogP contribution < -0.4 is 0 Å². The van der Waals surface area contributed by atoms with E-state index >= 15 is 0 Å². The molecule has 0 aromatic carbocycles. The van der Waals surface area contributed by atoms with Gasteiger partial charge in [0, 0.05) is 32.9 Å². The number of imidazole rings is 1. The van der Waals surface area contributed by atoms with Gasteiger partial charge in [-0.1, -0.05) is 0 Å². The van der Waals surface area contributed by atoms with Crippen LogP contribution in [0.3, 0.4) is 0 Å². The molecule has 2 aliphatic rings. The first kappa shape index (κ1) is 12.6. The topological polar surface area (TPSA) is 50.6 Å². The van der Waals surface area contributed by atoms with Crippen molar-refractivity contribution in [3.8, 4) is 0 Å². The summed E-state index contributed by atoms with van der Waals surface area (Å²) in [5, 5.41) is 0. The van der Waals surface area contributed by atoms with Crippen molar-refractivity contribution in [2.45, 2.75) is 18.6 Å². The Bertz CT molecular complexity index is 473. The number of rotatable bonds is 1. The van der Waals surface area contributed by atoms with E-state index in [1.807, 2.05) is 11.9 Å². The fourth-order valence-electron chi connectivity index (χ4n) is 2.91. The zero-order valence-electron chi connectivity index (χ0n) is 11.5. The van der Waals surface area contributed by atoms with Gasteiger partial charge in [-0.2, -0.15) is 0 Å². The summed E-state index contributed by atoms with van der Waals surface area (Å²) in [6.45, 7) is 3.22. The number of likely N-dealkylation sites (N-methyl/N-ethyl adjacent to an activating group) is 1. The van der Waals surface area contributed by atoms with Crippen LogP contribution in [-0.2, 0) is 11.8 Å². The van der Waals surface area contributed by atoms with Crippen molar-refractivity contribution in [1.29, 1.82) is 0 Å². The molecule has 2 saturated heterocycles. The fraction of sp³-hybridized carbons (Fsp3) is 0.692. The van der Waals surface area contributed by atoms with Gasteiger partial charge in [0.1, 0.15) is 5.69 Å². The first-order chi connectivity index (χ1) is 9.15. The molecule has 2 fully saturated rings. The van der Waals surface area contributed by atoms with Gasteiger partial charge in [-0.3, -0.25) is 9.69 Å². The Morgan fingerprint density at radius 2 is 2.26 bits per heavy atom. The maximum Gasteiger partial charge on any atom is 0.274 e. The van der Waals surface area contributed by atoms with Crippen molar-refractivity contribution in [2.75, 3.05) is 33.3 Å². The highest BCUT2D eigenvalue weighted by molar-refractivity contribution is 5.92. The molecule has 0 saturated carbocycles. The van der Waals surface area contributed by atoms with Gasteiger partial charge >= 0.3 is 0 Å². The highest BCUT2D eigenvalue weighted by Crippen LogP contribution is 2.22. The van der Waals surface area contributed by atoms with Gasteiger partial charge in [0.05, 0.1) is 25.1 Å². The number of amides is 1. The number of morpholine rings is 1. The van der Waals surface area contributed by atoms with Crippen LogP contribution in [0, 0.1) is 0 Å². The Morgan fingerprint density at radius 1 is 1.42 bits per heavy atom. The molecular weight excluding hydrogens is 244 g/mol. The van der Waals surface area contributed by atoms with E-state index in [2.05, 4.69) is 16.9 Å². The van der Waals surface area contributed by atoms with Gasteiger partial charge in [0.15, 0.2) is 0 Å². The van der Waals surface area contributed by atoms with E-state index in [-0.39, 0.29) is 12.0 Å². The molecule has 0 N–H and O–H groups in total. The van der Waals surface area contributed by atoms with E-state index in [9.17, 15) is 4.79 Å². The minimum Gasteiger partial charge on any atom is -0.375 e. The molecule has 0 radical (unpaired) electrons. The number of aromatic nitrogens is 2. The van der Waals surface area contributed by atoms with Crippen LogP contribution in [0.2, 0.25) is 0 Å². The number of hydrogen-bond donors (Lipinski definition) is 0. The van der Waals surface area contributed by atoms with Crippen LogP contribution in [0.4, 0.5) is 0 Å². The Kier molecular flexibility index (Phi) is 3.28. The fourth-order valence-corrected chi connectivity index (χ4v) is 2.91. The number of likely N-dealkylation sites (tertiary alicyclic amines) is 1. The summed E-state index contributed by atoms with van der Waals surface area (Å²) in [6.07, 6.45) is 4.62. The molecule has 0 unspecified atom stereocenters. The van der Waals surface area contributed by atoms with Crippen LogP contribution >= 0.6 is 0 Å². The molecular formula is C13H20N4O2. The zero-order chi connectivity index (χ0) is 13.4. The number of aryl methyl sites for hydroxylation is 1. The molecule has 104 valence electrons. The van der Waals surface area contributed by atoms with E-state index < -0.39 is 0 Å². The van der Waals surface area contributed by atoms with Gasteiger partial charge in [0.2, 0.25) is 0 Å². The minimum absolute atomic E-state index is 0.0259. The van der Waals surface area contributed by atoms with E-state index in [1.165, 1.54) is 0 Å². The van der Waals surface area contributed by atoms with Gasteiger partial charge in [-0.25, -0.2) is 4.98 Å². The Hall–Kier alpha value is -1.40. The maximum atomic E-state index is 12.4. The van der Waals surface area contributed by atoms with E-state index in [4.69, 9.17) is 4.74 Å². The number of carbonyl (C=O) groups excluding carboxylic acids is 1. The number of hydrogen-bond acceptors (Lipinski definition) is 4. The van der Waals surface area contributed by atoms with Crippen LogP contribution in [0.15, 0.2) is 12.5 Å². The second-order valence-corrected chi connectivity index (χ2v) is 5.42. The SMILES string of the molecule is CN1CCO[C@H]2CCN(C(=O)c3cn(C)cn3)C[C@H]21. The van der Waals surface area contributed by atoms with Crippen molar-refractivity contribution in [1.82, 2.24) is 19.4 Å². The summed E-state index contributed by atoms with van der Waals surface area (Å²) in [5.41, 5.74) is 0.528. The van der Waals surface area contributed by atoms with Crippen molar-refractivity contribution < 1.29 is 9.53 Å². The second-order valence-electron chi connectivity index (χ2n) is 5.42. The lowest BCUT2D eigenvalue weighted by atomic mass is 9.99. The Morgan fingerprint density at radius 3 is 3.00 bits per heavy atom. The van der Waals surface area contributed by atoms with E-state index in [1.54, 1.807) is 17.1 Å². The van der Waals surface area contributed by atoms with Gasteiger partial charge < -0.3 is 14.2 Å². The molecule has 1 amide bonds. The summed E-state index contributed by atoms with van der Waals surface area (Å²) < 4.78 is 7.59. The minimum atomic E-state index is 0.0259. The zero-order valence-corrected chi connectivity index (χ0v) is 11.5. The highest BCUT2D eigenvalue weighted by Gasteiger charge is 2.37. The second kappa shape index (κ2) is 4.94.